The molecule has 0 bridgehead atoms. The van der Waals surface area contributed by atoms with Crippen LogP contribution >= 0.6 is 0 Å². The summed E-state index contributed by atoms with van der Waals surface area (Å²) in [4.78, 5) is 9.61. The number of nitro benzene ring substituents is 1. The lowest BCUT2D eigenvalue weighted by Crippen LogP contribution is -1.90. The van der Waals surface area contributed by atoms with Gasteiger partial charge in [0.15, 0.2) is 11.5 Å². The molecule has 0 amide bonds. The highest BCUT2D eigenvalue weighted by molar-refractivity contribution is 5.46. The molecular weight excluding hydrogens is 162 g/mol. The molecular formula is C7H6NO4. The summed E-state index contributed by atoms with van der Waals surface area (Å²) in [7, 11) is 1.32. The third-order valence-corrected chi connectivity index (χ3v) is 1.29. The van der Waals surface area contributed by atoms with Crippen molar-refractivity contribution < 1.29 is 14.8 Å². The zero-order valence-electron chi connectivity index (χ0n) is 6.27. The van der Waals surface area contributed by atoms with Gasteiger partial charge in [-0.15, -0.1) is 0 Å². The summed E-state index contributed by atoms with van der Waals surface area (Å²) in [6.45, 7) is 0. The molecule has 0 spiro atoms. The van der Waals surface area contributed by atoms with E-state index in [1.54, 1.807) is 0 Å². The summed E-state index contributed by atoms with van der Waals surface area (Å²) >= 11 is 0. The van der Waals surface area contributed by atoms with Gasteiger partial charge in [-0.1, -0.05) is 0 Å². The van der Waals surface area contributed by atoms with E-state index in [1.165, 1.54) is 7.11 Å². The summed E-state index contributed by atoms with van der Waals surface area (Å²) in [5.74, 6) is -0.0939. The average molecular weight is 168 g/mol. The number of ether oxygens (including phenoxy) is 1. The van der Waals surface area contributed by atoms with Gasteiger partial charge in [-0.25, -0.2) is 0 Å². The van der Waals surface area contributed by atoms with Gasteiger partial charge in [-0.2, -0.15) is 0 Å². The first-order valence-electron chi connectivity index (χ1n) is 3.08. The van der Waals surface area contributed by atoms with Crippen LogP contribution in [0.1, 0.15) is 0 Å². The van der Waals surface area contributed by atoms with Crippen LogP contribution in [0.3, 0.4) is 0 Å². The van der Waals surface area contributed by atoms with Crippen molar-refractivity contribution in [2.24, 2.45) is 0 Å². The molecule has 0 atom stereocenters. The van der Waals surface area contributed by atoms with Gasteiger partial charge in [0.25, 0.3) is 5.69 Å². The fourth-order valence-electron chi connectivity index (χ4n) is 0.722. The number of hydrogen-bond acceptors (Lipinski definition) is 4. The van der Waals surface area contributed by atoms with Crippen molar-refractivity contribution in [3.63, 3.8) is 0 Å². The van der Waals surface area contributed by atoms with Crippen LogP contribution < -0.4 is 4.74 Å². The molecule has 1 N–H and O–H groups in total. The first-order chi connectivity index (χ1) is 5.65. The van der Waals surface area contributed by atoms with Crippen molar-refractivity contribution >= 4 is 5.69 Å². The van der Waals surface area contributed by atoms with E-state index in [0.717, 1.165) is 12.1 Å². The van der Waals surface area contributed by atoms with E-state index < -0.39 is 4.92 Å². The first kappa shape index (κ1) is 8.32. The van der Waals surface area contributed by atoms with Gasteiger partial charge in [-0.05, 0) is 6.07 Å². The summed E-state index contributed by atoms with van der Waals surface area (Å²) < 4.78 is 4.66. The van der Waals surface area contributed by atoms with Crippen molar-refractivity contribution in [1.82, 2.24) is 0 Å². The topological polar surface area (TPSA) is 72.6 Å². The van der Waals surface area contributed by atoms with E-state index in [4.69, 9.17) is 5.11 Å². The zero-order chi connectivity index (χ0) is 9.14. The number of nitro groups is 1. The number of benzene rings is 1. The van der Waals surface area contributed by atoms with Crippen LogP contribution in [0.4, 0.5) is 5.69 Å². The molecule has 0 aliphatic heterocycles. The highest BCUT2D eigenvalue weighted by Gasteiger charge is 2.10. The molecule has 0 saturated heterocycles. The lowest BCUT2D eigenvalue weighted by Gasteiger charge is -2.00. The third kappa shape index (κ3) is 1.45. The Balaban J connectivity index is 3.13. The Hall–Kier alpha value is -1.78. The van der Waals surface area contributed by atoms with E-state index in [-0.39, 0.29) is 17.2 Å². The minimum atomic E-state index is -0.609. The molecule has 0 aliphatic carbocycles. The van der Waals surface area contributed by atoms with Gasteiger partial charge in [-0.3, -0.25) is 10.1 Å². The molecule has 1 aromatic carbocycles. The van der Waals surface area contributed by atoms with Gasteiger partial charge in [0.05, 0.1) is 24.2 Å². The maximum atomic E-state index is 10.2. The second kappa shape index (κ2) is 3.08. The van der Waals surface area contributed by atoms with Gasteiger partial charge >= 0.3 is 0 Å². The van der Waals surface area contributed by atoms with E-state index >= 15 is 0 Å². The highest BCUT2D eigenvalue weighted by atomic mass is 16.6. The largest absolute Gasteiger partial charge is 0.504 e. The number of nitrogens with zero attached hydrogens (tertiary/aromatic N) is 1. The molecule has 0 unspecified atom stereocenters. The van der Waals surface area contributed by atoms with Crippen molar-refractivity contribution in [3.05, 3.63) is 28.3 Å². The van der Waals surface area contributed by atoms with Gasteiger partial charge in [0.1, 0.15) is 0 Å². The Labute approximate surface area is 68.4 Å². The van der Waals surface area contributed by atoms with Crippen molar-refractivity contribution in [2.75, 3.05) is 7.11 Å². The minimum absolute atomic E-state index is 0.0699. The Morgan fingerprint density at radius 1 is 1.75 bits per heavy atom. The van der Waals surface area contributed by atoms with Crippen LogP contribution in [0, 0.1) is 16.2 Å². The fourth-order valence-corrected chi connectivity index (χ4v) is 0.722. The lowest BCUT2D eigenvalue weighted by molar-refractivity contribution is -0.385. The average Bonchev–Trinajstić information content (AvgIpc) is 2.05. The Morgan fingerprint density at radius 3 is 2.92 bits per heavy atom. The molecule has 0 heterocycles. The van der Waals surface area contributed by atoms with Gasteiger partial charge in [0.2, 0.25) is 0 Å². The normalized spacial score (nSPS) is 9.42. The minimum Gasteiger partial charge on any atom is -0.504 e. The monoisotopic (exact) mass is 168 g/mol. The van der Waals surface area contributed by atoms with Crippen molar-refractivity contribution in [1.29, 1.82) is 0 Å². The number of aromatic hydroxyl groups is 1. The zero-order valence-corrected chi connectivity index (χ0v) is 6.27. The quantitative estimate of drug-likeness (QED) is 0.530. The second-order valence-corrected chi connectivity index (χ2v) is 2.03. The number of phenols is 1. The molecule has 5 nitrogen and oxygen atoms in total. The molecule has 63 valence electrons. The van der Waals surface area contributed by atoms with E-state index in [2.05, 4.69) is 10.8 Å². The van der Waals surface area contributed by atoms with Crippen LogP contribution in [0.25, 0.3) is 0 Å². The summed E-state index contributed by atoms with van der Waals surface area (Å²) in [6.07, 6.45) is 0. The molecule has 12 heavy (non-hydrogen) atoms. The molecule has 1 rings (SSSR count). The predicted molar refractivity (Wildman–Crippen MR) is 40.1 cm³/mol. The van der Waals surface area contributed by atoms with Crippen LogP contribution in [0.15, 0.2) is 12.1 Å². The molecule has 0 aromatic heterocycles. The highest BCUT2D eigenvalue weighted by Crippen LogP contribution is 2.28. The van der Waals surface area contributed by atoms with Crippen LogP contribution in [0.5, 0.6) is 11.5 Å². The van der Waals surface area contributed by atoms with E-state index in [1.807, 2.05) is 0 Å². The SMILES string of the molecule is COc1cc([N+](=O)[O-])[c]cc1O. The standard InChI is InChI=1S/C7H6NO4/c1-12-7-4-5(8(10)11)2-3-6(7)9/h3-4,9H,1H3. The van der Waals surface area contributed by atoms with Crippen LogP contribution in [-0.2, 0) is 0 Å². The third-order valence-electron chi connectivity index (χ3n) is 1.29. The number of methoxy groups -OCH3 is 1. The fraction of sp³-hybridized carbons (Fsp3) is 0.143. The van der Waals surface area contributed by atoms with Crippen molar-refractivity contribution in [2.45, 2.75) is 0 Å². The van der Waals surface area contributed by atoms with E-state index in [0.29, 0.717) is 0 Å². The smallest absolute Gasteiger partial charge is 0.281 e. The maximum absolute atomic E-state index is 10.2. The molecule has 0 fully saturated rings. The van der Waals surface area contributed by atoms with Crippen molar-refractivity contribution in [3.8, 4) is 11.5 Å². The number of hydrogen-bond donors (Lipinski definition) is 1. The van der Waals surface area contributed by atoms with Crippen LogP contribution in [-0.4, -0.2) is 17.1 Å². The molecule has 0 aliphatic rings. The Bertz CT molecular complexity index is 310. The lowest BCUT2D eigenvalue weighted by atomic mass is 10.3. The Morgan fingerprint density at radius 2 is 2.42 bits per heavy atom. The Kier molecular flexibility index (Phi) is 2.14. The molecule has 5 heteroatoms. The first-order valence-corrected chi connectivity index (χ1v) is 3.08. The summed E-state index contributed by atoms with van der Waals surface area (Å²) in [5, 5.41) is 19.3. The van der Waals surface area contributed by atoms with E-state index in [9.17, 15) is 10.1 Å². The maximum Gasteiger partial charge on any atom is 0.281 e. The number of rotatable bonds is 2. The molecule has 1 radical (unpaired) electrons. The predicted octanol–water partition coefficient (Wildman–Crippen LogP) is 1.11. The van der Waals surface area contributed by atoms with Gasteiger partial charge in [0, 0.05) is 0 Å². The van der Waals surface area contributed by atoms with Crippen LogP contribution in [0.2, 0.25) is 0 Å². The molecule has 1 aromatic rings. The summed E-state index contributed by atoms with van der Waals surface area (Å²) in [5.41, 5.74) is -0.232. The number of non-ortho nitro benzene ring substituents is 1. The molecule has 0 saturated carbocycles. The number of phenolic OH excluding ortho intramolecular Hbond substituents is 1. The van der Waals surface area contributed by atoms with Gasteiger partial charge < -0.3 is 9.84 Å². The second-order valence-electron chi connectivity index (χ2n) is 2.03. The summed E-state index contributed by atoms with van der Waals surface area (Å²) in [6, 6.07) is 4.48.